The molecule has 2 nitrogen and oxygen atoms in total. The van der Waals surface area contributed by atoms with Crippen molar-refractivity contribution in [3.05, 3.63) is 0 Å². The van der Waals surface area contributed by atoms with Gasteiger partial charge in [0, 0.05) is 11.7 Å². The Morgan fingerprint density at radius 2 is 2.33 bits per heavy atom. The molecule has 0 rings (SSSR count). The lowest BCUT2D eigenvalue weighted by molar-refractivity contribution is 0.176. The molecule has 2 atom stereocenters. The van der Waals surface area contributed by atoms with E-state index in [1.807, 2.05) is 6.26 Å². The average Bonchev–Trinajstić information content (AvgIpc) is 1.87. The van der Waals surface area contributed by atoms with Crippen LogP contribution >= 0.6 is 11.8 Å². The third-order valence-electron chi connectivity index (χ3n) is 1.16. The summed E-state index contributed by atoms with van der Waals surface area (Å²) in [5.41, 5.74) is 0. The fourth-order valence-corrected chi connectivity index (χ4v) is 0.832. The van der Waals surface area contributed by atoms with E-state index in [9.17, 15) is 0 Å². The second-order valence-corrected chi connectivity index (χ2v) is 3.22. The van der Waals surface area contributed by atoms with Crippen LogP contribution in [-0.4, -0.2) is 29.6 Å². The Kier molecular flexibility index (Phi) is 4.81. The molecule has 0 radical (unpaired) electrons. The minimum atomic E-state index is -0.576. The van der Waals surface area contributed by atoms with Gasteiger partial charge in [-0.05, 0) is 13.0 Å². The maximum absolute atomic E-state index is 8.92. The molecule has 0 aliphatic carbocycles. The van der Waals surface area contributed by atoms with Gasteiger partial charge in [-0.3, -0.25) is 4.99 Å². The first kappa shape index (κ1) is 8.98. The third kappa shape index (κ3) is 4.48. The van der Waals surface area contributed by atoms with Crippen molar-refractivity contribution in [3.8, 4) is 0 Å². The van der Waals surface area contributed by atoms with Gasteiger partial charge in [0.1, 0.15) is 6.23 Å². The molecule has 0 saturated carbocycles. The summed E-state index contributed by atoms with van der Waals surface area (Å²) >= 11 is 1.72. The summed E-state index contributed by atoms with van der Waals surface area (Å²) in [7, 11) is 0. The van der Waals surface area contributed by atoms with Crippen molar-refractivity contribution in [3.63, 3.8) is 0 Å². The topological polar surface area (TPSA) is 32.6 Å². The van der Waals surface area contributed by atoms with E-state index >= 15 is 0 Å². The highest BCUT2D eigenvalue weighted by atomic mass is 32.2. The van der Waals surface area contributed by atoms with Gasteiger partial charge in [0.25, 0.3) is 0 Å². The molecule has 0 aromatic heterocycles. The van der Waals surface area contributed by atoms with E-state index in [4.69, 9.17) is 5.11 Å². The van der Waals surface area contributed by atoms with Crippen LogP contribution in [0.4, 0.5) is 0 Å². The van der Waals surface area contributed by atoms with Crippen LogP contribution in [0.5, 0.6) is 0 Å². The molecule has 0 aromatic rings. The maximum atomic E-state index is 8.92. The highest BCUT2D eigenvalue weighted by Crippen LogP contribution is 2.11. The largest absolute Gasteiger partial charge is 0.372 e. The standard InChI is InChI=1S/C6H13NOS/c1-5(9-3)4-6(8)7-2/h5-6,8H,2,4H2,1,3H3/t5-,6?/m0/s1. The van der Waals surface area contributed by atoms with Crippen molar-refractivity contribution in [2.75, 3.05) is 6.26 Å². The van der Waals surface area contributed by atoms with Crippen molar-refractivity contribution in [1.29, 1.82) is 0 Å². The number of hydrogen-bond donors (Lipinski definition) is 1. The summed E-state index contributed by atoms with van der Waals surface area (Å²) in [6.07, 6.45) is 2.14. The van der Waals surface area contributed by atoms with Crippen molar-refractivity contribution in [2.45, 2.75) is 24.8 Å². The van der Waals surface area contributed by atoms with Gasteiger partial charge in [0.2, 0.25) is 0 Å². The highest BCUT2D eigenvalue weighted by Gasteiger charge is 2.04. The summed E-state index contributed by atoms with van der Waals surface area (Å²) in [4.78, 5) is 3.47. The lowest BCUT2D eigenvalue weighted by atomic mass is 10.3. The van der Waals surface area contributed by atoms with Gasteiger partial charge in [0.15, 0.2) is 0 Å². The van der Waals surface area contributed by atoms with Crippen molar-refractivity contribution in [1.82, 2.24) is 0 Å². The number of rotatable bonds is 4. The van der Waals surface area contributed by atoms with Crippen LogP contribution in [0.2, 0.25) is 0 Å². The Bertz CT molecular complexity index is 87.1. The predicted octanol–water partition coefficient (Wildman–Crippen LogP) is 1.15. The molecular weight excluding hydrogens is 134 g/mol. The first-order valence-electron chi connectivity index (χ1n) is 2.87. The molecule has 0 amide bonds. The van der Waals surface area contributed by atoms with Crippen LogP contribution in [0.15, 0.2) is 4.99 Å². The number of nitrogens with zero attached hydrogens (tertiary/aromatic N) is 1. The molecule has 9 heavy (non-hydrogen) atoms. The molecule has 0 aliphatic rings. The van der Waals surface area contributed by atoms with Gasteiger partial charge in [-0.15, -0.1) is 0 Å². The highest BCUT2D eigenvalue weighted by molar-refractivity contribution is 7.99. The van der Waals surface area contributed by atoms with E-state index in [-0.39, 0.29) is 0 Å². The summed E-state index contributed by atoms with van der Waals surface area (Å²) < 4.78 is 0. The van der Waals surface area contributed by atoms with E-state index in [0.717, 1.165) is 0 Å². The Hall–Kier alpha value is -0.0200. The van der Waals surface area contributed by atoms with Gasteiger partial charge in [-0.2, -0.15) is 11.8 Å². The van der Waals surface area contributed by atoms with Gasteiger partial charge < -0.3 is 5.11 Å². The van der Waals surface area contributed by atoms with Crippen LogP contribution < -0.4 is 0 Å². The third-order valence-corrected chi connectivity index (χ3v) is 2.15. The number of aliphatic hydroxyl groups is 1. The summed E-state index contributed by atoms with van der Waals surface area (Å²) in [6.45, 7) is 5.29. The molecule has 0 saturated heterocycles. The van der Waals surface area contributed by atoms with Gasteiger partial charge in [-0.1, -0.05) is 6.92 Å². The molecule has 1 N–H and O–H groups in total. The van der Waals surface area contributed by atoms with Crippen molar-refractivity contribution >= 4 is 18.5 Å². The summed E-state index contributed by atoms with van der Waals surface area (Å²) in [5, 5.41) is 9.38. The zero-order chi connectivity index (χ0) is 7.28. The molecule has 0 fully saturated rings. The molecule has 0 heterocycles. The number of thioether (sulfide) groups is 1. The van der Waals surface area contributed by atoms with Crippen LogP contribution in [-0.2, 0) is 0 Å². The maximum Gasteiger partial charge on any atom is 0.145 e. The number of hydrogen-bond acceptors (Lipinski definition) is 3. The van der Waals surface area contributed by atoms with Gasteiger partial charge in [-0.25, -0.2) is 0 Å². The fourth-order valence-electron chi connectivity index (χ4n) is 0.468. The lowest BCUT2D eigenvalue weighted by Crippen LogP contribution is -2.09. The first-order valence-corrected chi connectivity index (χ1v) is 4.16. The fraction of sp³-hybridized carbons (Fsp3) is 0.833. The zero-order valence-corrected chi connectivity index (χ0v) is 6.69. The molecule has 1 unspecified atom stereocenters. The quantitative estimate of drug-likeness (QED) is 0.605. The van der Waals surface area contributed by atoms with Crippen LogP contribution in [0.1, 0.15) is 13.3 Å². The van der Waals surface area contributed by atoms with Crippen LogP contribution in [0.25, 0.3) is 0 Å². The van der Waals surface area contributed by atoms with E-state index in [2.05, 4.69) is 18.6 Å². The minimum Gasteiger partial charge on any atom is -0.372 e. The second-order valence-electron chi connectivity index (χ2n) is 1.95. The van der Waals surface area contributed by atoms with E-state index < -0.39 is 6.23 Å². The minimum absolute atomic E-state index is 0.463. The number of aliphatic imine (C=N–C) groups is 1. The van der Waals surface area contributed by atoms with E-state index in [0.29, 0.717) is 11.7 Å². The van der Waals surface area contributed by atoms with E-state index in [1.165, 1.54) is 0 Å². The molecular formula is C6H13NOS. The van der Waals surface area contributed by atoms with Crippen molar-refractivity contribution in [2.24, 2.45) is 4.99 Å². The Morgan fingerprint density at radius 1 is 1.78 bits per heavy atom. The summed E-state index contributed by atoms with van der Waals surface area (Å²) in [6, 6.07) is 0. The molecule has 0 aromatic carbocycles. The average molecular weight is 147 g/mol. The Labute approximate surface area is 60.4 Å². The predicted molar refractivity (Wildman–Crippen MR) is 43.1 cm³/mol. The van der Waals surface area contributed by atoms with Crippen molar-refractivity contribution < 1.29 is 5.11 Å². The second kappa shape index (κ2) is 4.82. The summed E-state index contributed by atoms with van der Waals surface area (Å²) in [5.74, 6) is 0. The normalized spacial score (nSPS) is 16.8. The monoisotopic (exact) mass is 147 g/mol. The van der Waals surface area contributed by atoms with Gasteiger partial charge >= 0.3 is 0 Å². The SMILES string of the molecule is C=NC(O)C[C@H](C)SC. The zero-order valence-electron chi connectivity index (χ0n) is 5.87. The molecule has 0 spiro atoms. The first-order chi connectivity index (χ1) is 4.20. The molecule has 0 bridgehead atoms. The Balaban J connectivity index is 3.33. The molecule has 0 aliphatic heterocycles. The number of aliphatic hydroxyl groups excluding tert-OH is 1. The lowest BCUT2D eigenvalue weighted by Gasteiger charge is -2.08. The molecule has 3 heteroatoms. The van der Waals surface area contributed by atoms with E-state index in [1.54, 1.807) is 11.8 Å². The Morgan fingerprint density at radius 3 is 2.67 bits per heavy atom. The molecule has 54 valence electrons. The van der Waals surface area contributed by atoms with Crippen LogP contribution in [0, 0.1) is 0 Å². The smallest absolute Gasteiger partial charge is 0.145 e. The van der Waals surface area contributed by atoms with Gasteiger partial charge in [0.05, 0.1) is 0 Å². The van der Waals surface area contributed by atoms with Crippen LogP contribution in [0.3, 0.4) is 0 Å².